The molecule has 9 nitrogen and oxygen atoms in total. The molecule has 126 valence electrons. The number of rotatable bonds is 4. The van der Waals surface area contributed by atoms with Gasteiger partial charge in [-0.3, -0.25) is 0 Å². The smallest absolute Gasteiger partial charge is 0.266 e. The zero-order chi connectivity index (χ0) is 16.5. The van der Waals surface area contributed by atoms with Crippen LogP contribution in [0.4, 0.5) is 11.8 Å². The normalized spacial score (nSPS) is 15.4. The summed E-state index contributed by atoms with van der Waals surface area (Å²) in [5.41, 5.74) is 0.940. The fourth-order valence-corrected chi connectivity index (χ4v) is 2.96. The first-order chi connectivity index (χ1) is 11.7. The molecule has 0 aromatic carbocycles. The van der Waals surface area contributed by atoms with Crippen molar-refractivity contribution in [2.45, 2.75) is 26.7 Å². The van der Waals surface area contributed by atoms with Crippen LogP contribution in [0.25, 0.3) is 5.78 Å². The highest BCUT2D eigenvalue weighted by Gasteiger charge is 2.23. The minimum absolute atomic E-state index is 0.634. The molecule has 0 radical (unpaired) electrons. The minimum Gasteiger partial charge on any atom is -0.353 e. The molecule has 9 heteroatoms. The molecule has 0 N–H and O–H groups in total. The number of fused-ring (bicyclic) bond motifs is 1. The SMILES string of the molecule is CCCc1nc(N2CCN(c3cc(C)nc4ncnn34)CC2)no1. The van der Waals surface area contributed by atoms with Crippen LogP contribution in [0, 0.1) is 6.92 Å². The highest BCUT2D eigenvalue weighted by molar-refractivity contribution is 5.48. The maximum Gasteiger partial charge on any atom is 0.266 e. The molecule has 0 atom stereocenters. The summed E-state index contributed by atoms with van der Waals surface area (Å²) in [6.07, 6.45) is 3.37. The van der Waals surface area contributed by atoms with Crippen LogP contribution in [0.1, 0.15) is 24.9 Å². The number of aryl methyl sites for hydroxylation is 2. The molecule has 4 rings (SSSR count). The Hall–Kier alpha value is -2.71. The van der Waals surface area contributed by atoms with Crippen molar-refractivity contribution in [2.75, 3.05) is 36.0 Å². The first-order valence-corrected chi connectivity index (χ1v) is 8.24. The van der Waals surface area contributed by atoms with Crippen molar-refractivity contribution in [2.24, 2.45) is 0 Å². The molecule has 0 saturated carbocycles. The van der Waals surface area contributed by atoms with E-state index < -0.39 is 0 Å². The summed E-state index contributed by atoms with van der Waals surface area (Å²) in [5.74, 6) is 3.06. The summed E-state index contributed by atoms with van der Waals surface area (Å²) in [4.78, 5) is 17.5. The minimum atomic E-state index is 0.634. The second-order valence-corrected chi connectivity index (χ2v) is 5.94. The molecule has 0 amide bonds. The van der Waals surface area contributed by atoms with Gasteiger partial charge in [0, 0.05) is 44.4 Å². The second kappa shape index (κ2) is 6.06. The van der Waals surface area contributed by atoms with Gasteiger partial charge in [-0.05, 0) is 18.5 Å². The zero-order valence-corrected chi connectivity index (χ0v) is 13.9. The van der Waals surface area contributed by atoms with Crippen molar-refractivity contribution < 1.29 is 4.52 Å². The Morgan fingerprint density at radius 2 is 1.92 bits per heavy atom. The van der Waals surface area contributed by atoms with E-state index in [0.717, 1.165) is 50.5 Å². The number of aromatic nitrogens is 6. The van der Waals surface area contributed by atoms with E-state index in [2.05, 4.69) is 41.9 Å². The summed E-state index contributed by atoms with van der Waals surface area (Å²) in [5, 5.41) is 8.38. The van der Waals surface area contributed by atoms with Crippen LogP contribution >= 0.6 is 0 Å². The Bertz CT molecular complexity index is 833. The molecule has 0 aliphatic carbocycles. The van der Waals surface area contributed by atoms with Crippen LogP contribution in [0.5, 0.6) is 0 Å². The number of anilines is 2. The number of hydrogen-bond acceptors (Lipinski definition) is 8. The van der Waals surface area contributed by atoms with E-state index in [0.29, 0.717) is 17.6 Å². The maximum atomic E-state index is 5.29. The molecule has 0 spiro atoms. The monoisotopic (exact) mass is 328 g/mol. The number of nitrogens with zero attached hydrogens (tertiary/aromatic N) is 8. The lowest BCUT2D eigenvalue weighted by Crippen LogP contribution is -2.47. The van der Waals surface area contributed by atoms with Crippen molar-refractivity contribution >= 4 is 17.5 Å². The molecule has 24 heavy (non-hydrogen) atoms. The molecule has 1 fully saturated rings. The highest BCUT2D eigenvalue weighted by atomic mass is 16.5. The average Bonchev–Trinajstić information content (AvgIpc) is 3.24. The number of piperazine rings is 1. The highest BCUT2D eigenvalue weighted by Crippen LogP contribution is 2.20. The Balaban J connectivity index is 1.50. The van der Waals surface area contributed by atoms with Gasteiger partial charge in [-0.15, -0.1) is 0 Å². The lowest BCUT2D eigenvalue weighted by atomic mass is 10.3. The molecular formula is C15H20N8O. The third kappa shape index (κ3) is 2.66. The summed E-state index contributed by atoms with van der Waals surface area (Å²) in [6, 6.07) is 2.05. The third-order valence-corrected chi connectivity index (χ3v) is 4.17. The Morgan fingerprint density at radius 1 is 1.12 bits per heavy atom. The van der Waals surface area contributed by atoms with Crippen LogP contribution < -0.4 is 9.80 Å². The Morgan fingerprint density at radius 3 is 2.71 bits per heavy atom. The summed E-state index contributed by atoms with van der Waals surface area (Å²) < 4.78 is 7.07. The van der Waals surface area contributed by atoms with E-state index in [1.807, 2.05) is 13.0 Å². The predicted molar refractivity (Wildman–Crippen MR) is 88.2 cm³/mol. The van der Waals surface area contributed by atoms with Crippen LogP contribution in [-0.2, 0) is 6.42 Å². The number of hydrogen-bond donors (Lipinski definition) is 0. The van der Waals surface area contributed by atoms with Gasteiger partial charge >= 0.3 is 0 Å². The van der Waals surface area contributed by atoms with E-state index in [4.69, 9.17) is 4.52 Å². The zero-order valence-electron chi connectivity index (χ0n) is 13.9. The van der Waals surface area contributed by atoms with Gasteiger partial charge in [0.15, 0.2) is 0 Å². The summed E-state index contributed by atoms with van der Waals surface area (Å²) in [6.45, 7) is 7.46. The van der Waals surface area contributed by atoms with Gasteiger partial charge in [-0.2, -0.15) is 19.6 Å². The van der Waals surface area contributed by atoms with Gasteiger partial charge in [0.05, 0.1) is 0 Å². The van der Waals surface area contributed by atoms with Crippen LogP contribution in [0.15, 0.2) is 16.9 Å². The van der Waals surface area contributed by atoms with E-state index in [9.17, 15) is 0 Å². The molecule has 1 saturated heterocycles. The van der Waals surface area contributed by atoms with Crippen molar-refractivity contribution in [3.05, 3.63) is 24.0 Å². The van der Waals surface area contributed by atoms with Crippen molar-refractivity contribution in [3.63, 3.8) is 0 Å². The Labute approximate surface area is 139 Å². The maximum absolute atomic E-state index is 5.29. The molecule has 1 aliphatic heterocycles. The van der Waals surface area contributed by atoms with E-state index in [-0.39, 0.29) is 0 Å². The lowest BCUT2D eigenvalue weighted by Gasteiger charge is -2.35. The van der Waals surface area contributed by atoms with Gasteiger partial charge in [0.2, 0.25) is 5.89 Å². The van der Waals surface area contributed by atoms with Gasteiger partial charge in [0.25, 0.3) is 11.7 Å². The molecular weight excluding hydrogens is 308 g/mol. The molecule has 1 aliphatic rings. The van der Waals surface area contributed by atoms with E-state index >= 15 is 0 Å². The summed E-state index contributed by atoms with van der Waals surface area (Å²) >= 11 is 0. The second-order valence-electron chi connectivity index (χ2n) is 5.94. The quantitative estimate of drug-likeness (QED) is 0.703. The van der Waals surface area contributed by atoms with Crippen molar-refractivity contribution in [3.8, 4) is 0 Å². The molecule has 3 aromatic rings. The van der Waals surface area contributed by atoms with Gasteiger partial charge in [-0.25, -0.2) is 4.98 Å². The van der Waals surface area contributed by atoms with Crippen LogP contribution in [-0.4, -0.2) is 55.9 Å². The molecule has 0 bridgehead atoms. The first kappa shape index (κ1) is 14.9. The molecule has 0 unspecified atom stereocenters. The molecule has 3 aromatic heterocycles. The van der Waals surface area contributed by atoms with Crippen LogP contribution in [0.2, 0.25) is 0 Å². The largest absolute Gasteiger partial charge is 0.353 e. The van der Waals surface area contributed by atoms with Gasteiger partial charge in [0.1, 0.15) is 12.1 Å². The third-order valence-electron chi connectivity index (χ3n) is 4.17. The first-order valence-electron chi connectivity index (χ1n) is 8.24. The van der Waals surface area contributed by atoms with E-state index in [1.165, 1.54) is 6.33 Å². The summed E-state index contributed by atoms with van der Waals surface area (Å²) in [7, 11) is 0. The fourth-order valence-electron chi connectivity index (χ4n) is 2.96. The fraction of sp³-hybridized carbons (Fsp3) is 0.533. The standard InChI is InChI=1S/C15H20N8O/c1-3-4-12-19-15(20-24-12)22-7-5-21(6-8-22)13-9-11(2)18-14-16-10-17-23(13)14/h9-10H,3-8H2,1-2H3. The van der Waals surface area contributed by atoms with Gasteiger partial charge in [-0.1, -0.05) is 6.92 Å². The molecule has 4 heterocycles. The van der Waals surface area contributed by atoms with Crippen LogP contribution in [0.3, 0.4) is 0 Å². The van der Waals surface area contributed by atoms with E-state index in [1.54, 1.807) is 4.52 Å². The van der Waals surface area contributed by atoms with Gasteiger partial charge < -0.3 is 14.3 Å². The van der Waals surface area contributed by atoms with Crippen molar-refractivity contribution in [1.82, 2.24) is 29.7 Å². The predicted octanol–water partition coefficient (Wildman–Crippen LogP) is 1.09. The average molecular weight is 328 g/mol. The Kier molecular flexibility index (Phi) is 3.75. The lowest BCUT2D eigenvalue weighted by molar-refractivity contribution is 0.376. The van der Waals surface area contributed by atoms with Crippen molar-refractivity contribution in [1.29, 1.82) is 0 Å². The topological polar surface area (TPSA) is 88.5 Å².